The second-order valence-electron chi connectivity index (χ2n) is 5.68. The summed E-state index contributed by atoms with van der Waals surface area (Å²) in [4.78, 5) is 13.0. The van der Waals surface area contributed by atoms with Crippen molar-refractivity contribution in [3.05, 3.63) is 35.4 Å². The fourth-order valence-electron chi connectivity index (χ4n) is 2.08. The van der Waals surface area contributed by atoms with Crippen molar-refractivity contribution in [1.82, 2.24) is 4.90 Å². The molecule has 3 nitrogen and oxygen atoms in total. The molecule has 0 radical (unpaired) electrons. The van der Waals surface area contributed by atoms with Crippen molar-refractivity contribution >= 4 is 5.97 Å². The van der Waals surface area contributed by atoms with Gasteiger partial charge < -0.3 is 5.11 Å². The Labute approximate surface area is 116 Å². The monoisotopic (exact) mass is 263 g/mol. The van der Waals surface area contributed by atoms with Gasteiger partial charge >= 0.3 is 5.97 Å². The molecule has 3 heteroatoms. The Kier molecular flexibility index (Phi) is 5.55. The zero-order chi connectivity index (χ0) is 14.6. The second kappa shape index (κ2) is 6.71. The van der Waals surface area contributed by atoms with Crippen LogP contribution in [0.15, 0.2) is 24.3 Å². The first-order valence-corrected chi connectivity index (χ1v) is 6.85. The lowest BCUT2D eigenvalue weighted by molar-refractivity contribution is -0.141. The topological polar surface area (TPSA) is 40.5 Å². The smallest absolute Gasteiger partial charge is 0.307 e. The Bertz CT molecular complexity index is 411. The number of nitrogens with zero attached hydrogens (tertiary/aromatic N) is 1. The van der Waals surface area contributed by atoms with Gasteiger partial charge in [0.1, 0.15) is 0 Å². The Morgan fingerprint density at radius 1 is 1.11 bits per heavy atom. The van der Waals surface area contributed by atoms with Gasteiger partial charge in [0, 0.05) is 12.6 Å². The van der Waals surface area contributed by atoms with Crippen LogP contribution in [0.3, 0.4) is 0 Å². The summed E-state index contributed by atoms with van der Waals surface area (Å²) in [6.07, 6.45) is 0. The molecule has 0 spiro atoms. The molecule has 0 aromatic heterocycles. The quantitative estimate of drug-likeness (QED) is 0.853. The molecule has 0 saturated heterocycles. The van der Waals surface area contributed by atoms with Crippen LogP contribution >= 0.6 is 0 Å². The number of carboxylic acid groups (broad SMARTS) is 1. The van der Waals surface area contributed by atoms with Crippen LogP contribution in [0.2, 0.25) is 0 Å². The molecule has 0 amide bonds. The van der Waals surface area contributed by atoms with Crippen LogP contribution in [0.4, 0.5) is 0 Å². The molecule has 0 fully saturated rings. The molecule has 0 aliphatic carbocycles. The zero-order valence-electron chi connectivity index (χ0n) is 12.6. The molecule has 106 valence electrons. The number of hydrogen-bond donors (Lipinski definition) is 1. The largest absolute Gasteiger partial charge is 0.481 e. The van der Waals surface area contributed by atoms with E-state index in [0.717, 1.165) is 0 Å². The van der Waals surface area contributed by atoms with E-state index in [4.69, 9.17) is 5.11 Å². The molecule has 2 atom stereocenters. The van der Waals surface area contributed by atoms with E-state index in [0.29, 0.717) is 12.5 Å². The van der Waals surface area contributed by atoms with Gasteiger partial charge in [0.05, 0.1) is 5.92 Å². The number of carboxylic acids is 1. The lowest BCUT2D eigenvalue weighted by atomic mass is 9.99. The van der Waals surface area contributed by atoms with Crippen molar-refractivity contribution in [3.63, 3.8) is 0 Å². The normalized spacial score (nSPS) is 14.7. The highest BCUT2D eigenvalue weighted by atomic mass is 16.4. The molecule has 1 aromatic rings. The molecule has 2 unspecified atom stereocenters. The number of carbonyl (C=O) groups is 1. The van der Waals surface area contributed by atoms with Crippen molar-refractivity contribution < 1.29 is 9.90 Å². The summed E-state index contributed by atoms with van der Waals surface area (Å²) in [6.45, 7) is 8.77. The number of rotatable bonds is 6. The molecule has 1 N–H and O–H groups in total. The Morgan fingerprint density at radius 3 is 2.00 bits per heavy atom. The standard InChI is InChI=1S/C16H25NO2/c1-11(2)14-6-8-15(9-7-14)13(4)17(5)10-12(3)16(18)19/h6-9,11-13H,10H2,1-5H3,(H,18,19). The first-order chi connectivity index (χ1) is 8.82. The molecule has 0 aliphatic rings. The Hall–Kier alpha value is -1.35. The molecule has 1 aromatic carbocycles. The van der Waals surface area contributed by atoms with Crippen molar-refractivity contribution in [2.75, 3.05) is 13.6 Å². The predicted octanol–water partition coefficient (Wildman–Crippen LogP) is 3.52. The highest BCUT2D eigenvalue weighted by Gasteiger charge is 2.18. The van der Waals surface area contributed by atoms with Crippen LogP contribution < -0.4 is 0 Å². The van der Waals surface area contributed by atoms with Gasteiger partial charge in [-0.2, -0.15) is 0 Å². The molecule has 1 rings (SSSR count). The Balaban J connectivity index is 2.71. The number of aliphatic carboxylic acids is 1. The summed E-state index contributed by atoms with van der Waals surface area (Å²) in [5, 5.41) is 8.95. The van der Waals surface area contributed by atoms with E-state index in [1.54, 1.807) is 6.92 Å². The summed E-state index contributed by atoms with van der Waals surface area (Å²) in [5.41, 5.74) is 2.56. The lowest BCUT2D eigenvalue weighted by Gasteiger charge is -2.26. The third kappa shape index (κ3) is 4.35. The molecular formula is C16H25NO2. The minimum atomic E-state index is -0.741. The molecule has 0 heterocycles. The van der Waals surface area contributed by atoms with E-state index in [1.807, 2.05) is 7.05 Å². The first kappa shape index (κ1) is 15.7. The van der Waals surface area contributed by atoms with E-state index in [-0.39, 0.29) is 12.0 Å². The van der Waals surface area contributed by atoms with Crippen LogP contribution in [0.5, 0.6) is 0 Å². The fraction of sp³-hybridized carbons (Fsp3) is 0.562. The average Bonchev–Trinajstić information content (AvgIpc) is 2.37. The maximum atomic E-state index is 10.9. The van der Waals surface area contributed by atoms with Gasteiger partial charge in [-0.1, -0.05) is 45.0 Å². The van der Waals surface area contributed by atoms with Gasteiger partial charge in [-0.15, -0.1) is 0 Å². The van der Waals surface area contributed by atoms with Gasteiger partial charge in [-0.25, -0.2) is 0 Å². The highest BCUT2D eigenvalue weighted by molar-refractivity contribution is 5.69. The van der Waals surface area contributed by atoms with Crippen LogP contribution in [0, 0.1) is 5.92 Å². The fourth-order valence-corrected chi connectivity index (χ4v) is 2.08. The molecule has 0 bridgehead atoms. The average molecular weight is 263 g/mol. The van der Waals surface area contributed by atoms with E-state index >= 15 is 0 Å². The number of hydrogen-bond acceptors (Lipinski definition) is 2. The third-order valence-electron chi connectivity index (χ3n) is 3.73. The lowest BCUT2D eigenvalue weighted by Crippen LogP contribution is -2.30. The van der Waals surface area contributed by atoms with E-state index in [2.05, 4.69) is 49.9 Å². The Morgan fingerprint density at radius 2 is 1.58 bits per heavy atom. The van der Waals surface area contributed by atoms with Crippen LogP contribution in [-0.2, 0) is 4.79 Å². The molecule has 0 saturated carbocycles. The van der Waals surface area contributed by atoms with Crippen molar-refractivity contribution in [1.29, 1.82) is 0 Å². The summed E-state index contributed by atoms with van der Waals surface area (Å²) in [7, 11) is 1.97. The minimum Gasteiger partial charge on any atom is -0.481 e. The molecule has 0 aliphatic heterocycles. The molecule has 19 heavy (non-hydrogen) atoms. The highest BCUT2D eigenvalue weighted by Crippen LogP contribution is 2.22. The SMILES string of the molecule is CC(CN(C)C(C)c1ccc(C(C)C)cc1)C(=O)O. The van der Waals surface area contributed by atoms with Crippen LogP contribution in [0.1, 0.15) is 50.8 Å². The minimum absolute atomic E-state index is 0.225. The summed E-state index contributed by atoms with van der Waals surface area (Å²) in [5.74, 6) is -0.550. The number of benzene rings is 1. The summed E-state index contributed by atoms with van der Waals surface area (Å²) < 4.78 is 0. The van der Waals surface area contributed by atoms with Crippen molar-refractivity contribution in [2.45, 2.75) is 39.7 Å². The van der Waals surface area contributed by atoms with Gasteiger partial charge in [0.25, 0.3) is 0 Å². The van der Waals surface area contributed by atoms with Gasteiger partial charge in [0.2, 0.25) is 0 Å². The van der Waals surface area contributed by atoms with Crippen LogP contribution in [-0.4, -0.2) is 29.6 Å². The van der Waals surface area contributed by atoms with Crippen molar-refractivity contribution in [2.24, 2.45) is 5.92 Å². The maximum Gasteiger partial charge on any atom is 0.307 e. The third-order valence-corrected chi connectivity index (χ3v) is 3.73. The summed E-state index contributed by atoms with van der Waals surface area (Å²) >= 11 is 0. The van der Waals surface area contributed by atoms with Gasteiger partial charge in [0.15, 0.2) is 0 Å². The van der Waals surface area contributed by atoms with Crippen molar-refractivity contribution in [3.8, 4) is 0 Å². The van der Waals surface area contributed by atoms with Crippen LogP contribution in [0.25, 0.3) is 0 Å². The van der Waals surface area contributed by atoms with E-state index in [1.165, 1.54) is 11.1 Å². The maximum absolute atomic E-state index is 10.9. The van der Waals surface area contributed by atoms with E-state index in [9.17, 15) is 4.79 Å². The molecular weight excluding hydrogens is 238 g/mol. The second-order valence-corrected chi connectivity index (χ2v) is 5.68. The van der Waals surface area contributed by atoms with Gasteiger partial charge in [-0.3, -0.25) is 9.69 Å². The predicted molar refractivity (Wildman–Crippen MR) is 78.4 cm³/mol. The zero-order valence-corrected chi connectivity index (χ0v) is 12.6. The van der Waals surface area contributed by atoms with Gasteiger partial charge in [-0.05, 0) is 31.0 Å². The first-order valence-electron chi connectivity index (χ1n) is 6.85. The summed E-state index contributed by atoms with van der Waals surface area (Å²) in [6, 6.07) is 8.82. The van der Waals surface area contributed by atoms with E-state index < -0.39 is 5.97 Å².